The number of hydrogen-bond donors (Lipinski definition) is 1. The molecule has 0 aliphatic heterocycles. The Morgan fingerprint density at radius 3 is 2.33 bits per heavy atom. The summed E-state index contributed by atoms with van der Waals surface area (Å²) < 4.78 is 0. The van der Waals surface area contributed by atoms with E-state index in [2.05, 4.69) is 21.9 Å². The molecule has 5 heteroatoms. The van der Waals surface area contributed by atoms with Crippen LogP contribution in [0.2, 0.25) is 0 Å². The zero-order chi connectivity index (χ0) is 14.3. The molecule has 1 amide bonds. The van der Waals surface area contributed by atoms with Crippen LogP contribution in [0.3, 0.4) is 0 Å². The third-order valence-electron chi connectivity index (χ3n) is 1.95. The van der Waals surface area contributed by atoms with Gasteiger partial charge in [-0.1, -0.05) is 32.0 Å². The fourth-order valence-electron chi connectivity index (χ4n) is 1.00. The van der Waals surface area contributed by atoms with E-state index in [1.165, 1.54) is 0 Å². The van der Waals surface area contributed by atoms with Gasteiger partial charge in [0.15, 0.2) is 5.17 Å². The summed E-state index contributed by atoms with van der Waals surface area (Å²) in [5.74, 6) is -0.0676. The average molecular weight is 270 g/mol. The molecule has 0 saturated carbocycles. The van der Waals surface area contributed by atoms with Crippen LogP contribution in [0, 0.1) is 5.92 Å². The van der Waals surface area contributed by atoms with E-state index in [1.807, 2.05) is 13.8 Å². The van der Waals surface area contributed by atoms with Gasteiger partial charge < -0.3 is 5.32 Å². The summed E-state index contributed by atoms with van der Waals surface area (Å²) in [5, 5.41) is 2.78. The van der Waals surface area contributed by atoms with Crippen molar-refractivity contribution >= 4 is 28.9 Å². The molecule has 100 valence electrons. The minimum absolute atomic E-state index is 0.132. The lowest BCUT2D eigenvalue weighted by Crippen LogP contribution is -2.26. The molecule has 4 nitrogen and oxygen atoms in total. The first-order valence-electron chi connectivity index (χ1n) is 5.70. The minimum atomic E-state index is -0.147. The zero-order valence-corrected chi connectivity index (χ0v) is 12.3. The SMILES string of the molecule is C=C(N=C(Cl)C(N=CC)=C(C)C)NC(=O)C(C)C. The fourth-order valence-corrected chi connectivity index (χ4v) is 1.34. The largest absolute Gasteiger partial charge is 0.311 e. The molecule has 0 aliphatic carbocycles. The van der Waals surface area contributed by atoms with Crippen LogP contribution in [-0.2, 0) is 4.79 Å². The molecule has 0 bridgehead atoms. The molecule has 0 aromatic carbocycles. The third kappa shape index (κ3) is 5.77. The van der Waals surface area contributed by atoms with Gasteiger partial charge >= 0.3 is 0 Å². The van der Waals surface area contributed by atoms with E-state index in [4.69, 9.17) is 11.6 Å². The maximum Gasteiger partial charge on any atom is 0.228 e. The van der Waals surface area contributed by atoms with Crippen LogP contribution in [0.4, 0.5) is 0 Å². The molecular formula is C13H20ClN3O. The summed E-state index contributed by atoms with van der Waals surface area (Å²) in [6.45, 7) is 12.8. The molecule has 0 aliphatic rings. The van der Waals surface area contributed by atoms with E-state index in [0.717, 1.165) is 5.57 Å². The average Bonchev–Trinajstić information content (AvgIpc) is 2.24. The second kappa shape index (κ2) is 7.82. The normalized spacial score (nSPS) is 11.8. The van der Waals surface area contributed by atoms with Gasteiger partial charge in [0.25, 0.3) is 0 Å². The Morgan fingerprint density at radius 2 is 1.94 bits per heavy atom. The van der Waals surface area contributed by atoms with Crippen LogP contribution in [0.25, 0.3) is 0 Å². The summed E-state index contributed by atoms with van der Waals surface area (Å²) in [6, 6.07) is 0. The first kappa shape index (κ1) is 16.6. The smallest absolute Gasteiger partial charge is 0.228 e. The van der Waals surface area contributed by atoms with E-state index in [-0.39, 0.29) is 22.8 Å². The van der Waals surface area contributed by atoms with Crippen molar-refractivity contribution in [1.29, 1.82) is 0 Å². The Balaban J connectivity index is 4.93. The second-order valence-electron chi connectivity index (χ2n) is 4.23. The van der Waals surface area contributed by atoms with Crippen LogP contribution in [0.1, 0.15) is 34.6 Å². The van der Waals surface area contributed by atoms with Gasteiger partial charge in [-0.05, 0) is 26.3 Å². The van der Waals surface area contributed by atoms with E-state index >= 15 is 0 Å². The second-order valence-corrected chi connectivity index (χ2v) is 4.59. The van der Waals surface area contributed by atoms with Gasteiger partial charge in [0.1, 0.15) is 5.82 Å². The van der Waals surface area contributed by atoms with Gasteiger partial charge in [0, 0.05) is 12.1 Å². The molecule has 0 atom stereocenters. The number of nitrogens with one attached hydrogen (secondary N) is 1. The summed E-state index contributed by atoms with van der Waals surface area (Å²) in [4.78, 5) is 19.6. The number of carbonyl (C=O) groups is 1. The Bertz CT molecular complexity index is 416. The Labute approximate surface area is 114 Å². The Hall–Kier alpha value is -1.42. The summed E-state index contributed by atoms with van der Waals surface area (Å²) >= 11 is 6.04. The first-order chi connectivity index (χ1) is 8.29. The lowest BCUT2D eigenvalue weighted by atomic mass is 10.2. The molecule has 0 saturated heterocycles. The monoisotopic (exact) mass is 269 g/mol. The summed E-state index contributed by atoms with van der Waals surface area (Å²) in [5.41, 5.74) is 1.52. The van der Waals surface area contributed by atoms with Crippen molar-refractivity contribution in [2.75, 3.05) is 0 Å². The molecule has 1 N–H and O–H groups in total. The Morgan fingerprint density at radius 1 is 1.39 bits per heavy atom. The van der Waals surface area contributed by atoms with Crippen molar-refractivity contribution < 1.29 is 4.79 Å². The molecule has 0 aromatic heterocycles. The van der Waals surface area contributed by atoms with Crippen LogP contribution in [-0.4, -0.2) is 17.3 Å². The van der Waals surface area contributed by atoms with E-state index in [1.54, 1.807) is 27.0 Å². The molecule has 0 fully saturated rings. The number of halogens is 1. The van der Waals surface area contributed by atoms with Crippen molar-refractivity contribution in [2.45, 2.75) is 34.6 Å². The molecule has 0 heterocycles. The Kier molecular flexibility index (Phi) is 7.20. The maximum absolute atomic E-state index is 11.4. The highest BCUT2D eigenvalue weighted by molar-refractivity contribution is 6.69. The topological polar surface area (TPSA) is 53.8 Å². The van der Waals surface area contributed by atoms with Gasteiger partial charge in [-0.3, -0.25) is 9.79 Å². The van der Waals surface area contributed by atoms with E-state index in [0.29, 0.717) is 5.70 Å². The number of hydrogen-bond acceptors (Lipinski definition) is 3. The van der Waals surface area contributed by atoms with Crippen molar-refractivity contribution in [2.24, 2.45) is 15.9 Å². The summed E-state index contributed by atoms with van der Waals surface area (Å²) in [6.07, 6.45) is 1.63. The highest BCUT2D eigenvalue weighted by Crippen LogP contribution is 2.12. The number of carbonyl (C=O) groups excluding carboxylic acids is 1. The highest BCUT2D eigenvalue weighted by atomic mass is 35.5. The lowest BCUT2D eigenvalue weighted by Gasteiger charge is -2.08. The van der Waals surface area contributed by atoms with E-state index in [9.17, 15) is 4.79 Å². The fraction of sp³-hybridized carbons (Fsp3) is 0.462. The predicted molar refractivity (Wildman–Crippen MR) is 77.9 cm³/mol. The van der Waals surface area contributed by atoms with Gasteiger partial charge in [0.2, 0.25) is 5.91 Å². The lowest BCUT2D eigenvalue weighted by molar-refractivity contribution is -0.123. The van der Waals surface area contributed by atoms with Crippen molar-refractivity contribution in [1.82, 2.24) is 5.32 Å². The van der Waals surface area contributed by atoms with Crippen molar-refractivity contribution in [3.05, 3.63) is 23.7 Å². The molecule has 0 unspecified atom stereocenters. The molecule has 0 spiro atoms. The number of allylic oxidation sites excluding steroid dienone is 2. The van der Waals surface area contributed by atoms with Crippen molar-refractivity contribution in [3.8, 4) is 0 Å². The van der Waals surface area contributed by atoms with Crippen LogP contribution >= 0.6 is 11.6 Å². The zero-order valence-electron chi connectivity index (χ0n) is 11.5. The molecular weight excluding hydrogens is 250 g/mol. The molecule has 0 aromatic rings. The number of amides is 1. The number of aliphatic imine (C=N–C) groups is 2. The number of nitrogens with zero attached hydrogens (tertiary/aromatic N) is 2. The van der Waals surface area contributed by atoms with Crippen LogP contribution in [0.5, 0.6) is 0 Å². The standard InChI is InChI=1S/C13H20ClN3O/c1-7-15-11(8(2)3)12(14)16-10(6)17-13(18)9(4)5/h7,9H,6H2,1-5H3,(H,17,18). The number of rotatable bonds is 5. The van der Waals surface area contributed by atoms with Gasteiger partial charge in [-0.25, -0.2) is 4.99 Å². The molecule has 0 rings (SSSR count). The first-order valence-corrected chi connectivity index (χ1v) is 6.07. The minimum Gasteiger partial charge on any atom is -0.311 e. The van der Waals surface area contributed by atoms with Gasteiger partial charge in [0.05, 0.1) is 5.70 Å². The predicted octanol–water partition coefficient (Wildman–Crippen LogP) is 3.25. The maximum atomic E-state index is 11.4. The van der Waals surface area contributed by atoms with Crippen LogP contribution < -0.4 is 5.32 Å². The summed E-state index contributed by atoms with van der Waals surface area (Å²) in [7, 11) is 0. The third-order valence-corrected chi connectivity index (χ3v) is 2.22. The van der Waals surface area contributed by atoms with E-state index < -0.39 is 0 Å². The van der Waals surface area contributed by atoms with Crippen LogP contribution in [0.15, 0.2) is 33.7 Å². The van der Waals surface area contributed by atoms with Gasteiger partial charge in [-0.15, -0.1) is 0 Å². The molecule has 18 heavy (non-hydrogen) atoms. The van der Waals surface area contributed by atoms with Gasteiger partial charge in [-0.2, -0.15) is 0 Å². The van der Waals surface area contributed by atoms with Crippen molar-refractivity contribution in [3.63, 3.8) is 0 Å². The highest BCUT2D eigenvalue weighted by Gasteiger charge is 2.09. The quantitative estimate of drug-likeness (QED) is 0.766. The molecule has 0 radical (unpaired) electrons.